The number of hydrogen-bond donors (Lipinski definition) is 0. The third-order valence-corrected chi connectivity index (χ3v) is 5.11. The SMILES string of the molecule is CC(C)S(=O)(=O)C(CC=O)c1ccccc1. The van der Waals surface area contributed by atoms with E-state index < -0.39 is 20.3 Å². The van der Waals surface area contributed by atoms with E-state index in [0.717, 1.165) is 0 Å². The number of hydrogen-bond acceptors (Lipinski definition) is 3. The molecule has 1 rings (SSSR count). The molecule has 0 bridgehead atoms. The van der Waals surface area contributed by atoms with Crippen molar-refractivity contribution in [3.05, 3.63) is 35.9 Å². The fourth-order valence-corrected chi connectivity index (χ4v) is 3.08. The first-order valence-corrected chi connectivity index (χ1v) is 6.82. The summed E-state index contributed by atoms with van der Waals surface area (Å²) in [4.78, 5) is 10.6. The highest BCUT2D eigenvalue weighted by molar-refractivity contribution is 7.92. The van der Waals surface area contributed by atoms with Gasteiger partial charge in [0.2, 0.25) is 0 Å². The fraction of sp³-hybridized carbons (Fsp3) is 0.417. The summed E-state index contributed by atoms with van der Waals surface area (Å²) >= 11 is 0. The Hall–Kier alpha value is -1.16. The van der Waals surface area contributed by atoms with Crippen molar-refractivity contribution in [1.29, 1.82) is 0 Å². The predicted molar refractivity (Wildman–Crippen MR) is 63.9 cm³/mol. The second-order valence-corrected chi connectivity index (χ2v) is 6.63. The van der Waals surface area contributed by atoms with Gasteiger partial charge in [0.25, 0.3) is 0 Å². The van der Waals surface area contributed by atoms with Crippen molar-refractivity contribution in [1.82, 2.24) is 0 Å². The van der Waals surface area contributed by atoms with Crippen molar-refractivity contribution in [2.45, 2.75) is 30.8 Å². The average molecular weight is 240 g/mol. The first kappa shape index (κ1) is 12.9. The molecule has 0 aliphatic carbocycles. The summed E-state index contributed by atoms with van der Waals surface area (Å²) in [5.74, 6) is 0. The Morgan fingerprint density at radius 3 is 2.19 bits per heavy atom. The zero-order valence-electron chi connectivity index (χ0n) is 9.46. The predicted octanol–water partition coefficient (Wildman–Crippen LogP) is 2.14. The summed E-state index contributed by atoms with van der Waals surface area (Å²) in [5, 5.41) is -1.19. The van der Waals surface area contributed by atoms with Crippen LogP contribution in [-0.2, 0) is 14.6 Å². The molecule has 0 aromatic heterocycles. The number of sulfone groups is 1. The molecule has 0 aliphatic rings. The van der Waals surface area contributed by atoms with Crippen LogP contribution < -0.4 is 0 Å². The molecule has 16 heavy (non-hydrogen) atoms. The lowest BCUT2D eigenvalue weighted by Crippen LogP contribution is -2.22. The molecule has 0 saturated heterocycles. The molecular weight excluding hydrogens is 224 g/mol. The Labute approximate surface area is 96.4 Å². The molecule has 1 unspecified atom stereocenters. The normalized spacial score (nSPS) is 13.7. The molecule has 0 aliphatic heterocycles. The van der Waals surface area contributed by atoms with Crippen molar-refractivity contribution < 1.29 is 13.2 Å². The van der Waals surface area contributed by atoms with Gasteiger partial charge in [-0.2, -0.15) is 0 Å². The minimum atomic E-state index is -3.29. The van der Waals surface area contributed by atoms with Gasteiger partial charge in [-0.15, -0.1) is 0 Å². The van der Waals surface area contributed by atoms with Gasteiger partial charge >= 0.3 is 0 Å². The Morgan fingerprint density at radius 1 is 1.19 bits per heavy atom. The van der Waals surface area contributed by atoms with Crippen molar-refractivity contribution in [2.24, 2.45) is 0 Å². The van der Waals surface area contributed by atoms with E-state index in [9.17, 15) is 13.2 Å². The van der Waals surface area contributed by atoms with Crippen molar-refractivity contribution in [3.63, 3.8) is 0 Å². The van der Waals surface area contributed by atoms with Gasteiger partial charge in [0.15, 0.2) is 9.84 Å². The third kappa shape index (κ3) is 2.70. The quantitative estimate of drug-likeness (QED) is 0.741. The van der Waals surface area contributed by atoms with Crippen LogP contribution >= 0.6 is 0 Å². The first-order valence-electron chi connectivity index (χ1n) is 5.21. The van der Waals surface area contributed by atoms with Crippen molar-refractivity contribution >= 4 is 16.1 Å². The largest absolute Gasteiger partial charge is 0.303 e. The van der Waals surface area contributed by atoms with Crippen LogP contribution in [0.1, 0.15) is 31.1 Å². The molecule has 0 saturated carbocycles. The Balaban J connectivity index is 3.16. The number of carbonyl (C=O) groups is 1. The molecule has 0 amide bonds. The van der Waals surface area contributed by atoms with Gasteiger partial charge in [-0.1, -0.05) is 30.3 Å². The van der Waals surface area contributed by atoms with Gasteiger partial charge in [-0.25, -0.2) is 8.42 Å². The molecule has 88 valence electrons. The molecular formula is C12H16O3S. The molecule has 0 spiro atoms. The summed E-state index contributed by atoms with van der Waals surface area (Å²) in [7, 11) is -3.29. The molecule has 0 radical (unpaired) electrons. The van der Waals surface area contributed by atoms with E-state index >= 15 is 0 Å². The molecule has 1 atom stereocenters. The van der Waals surface area contributed by atoms with Gasteiger partial charge < -0.3 is 4.79 Å². The highest BCUT2D eigenvalue weighted by atomic mass is 32.2. The summed E-state index contributed by atoms with van der Waals surface area (Å²) in [6.07, 6.45) is 0.683. The van der Waals surface area contributed by atoms with E-state index in [0.29, 0.717) is 11.8 Å². The lowest BCUT2D eigenvalue weighted by Gasteiger charge is -2.18. The highest BCUT2D eigenvalue weighted by Crippen LogP contribution is 2.28. The second-order valence-electron chi connectivity index (χ2n) is 3.94. The smallest absolute Gasteiger partial charge is 0.160 e. The zero-order chi connectivity index (χ0) is 12.2. The Bertz CT molecular complexity index is 435. The first-order chi connectivity index (χ1) is 7.50. The topological polar surface area (TPSA) is 51.2 Å². The van der Waals surface area contributed by atoms with Crippen LogP contribution in [0.4, 0.5) is 0 Å². The van der Waals surface area contributed by atoms with Crippen molar-refractivity contribution in [3.8, 4) is 0 Å². The molecule has 0 N–H and O–H groups in total. The fourth-order valence-electron chi connectivity index (χ4n) is 1.54. The van der Waals surface area contributed by atoms with E-state index in [4.69, 9.17) is 0 Å². The standard InChI is InChI=1S/C12H16O3S/c1-10(2)16(14,15)12(8-9-13)11-6-4-3-5-7-11/h3-7,9-10,12H,8H2,1-2H3. The number of aldehydes is 1. The summed E-state index contributed by atoms with van der Waals surface area (Å²) in [5.41, 5.74) is 0.684. The van der Waals surface area contributed by atoms with Crippen LogP contribution in [0.3, 0.4) is 0 Å². The molecule has 0 fully saturated rings. The maximum atomic E-state index is 12.1. The lowest BCUT2D eigenvalue weighted by molar-refractivity contribution is -0.107. The number of carbonyl (C=O) groups excluding carboxylic acids is 1. The van der Waals surface area contributed by atoms with Gasteiger partial charge in [-0.05, 0) is 19.4 Å². The molecule has 0 heterocycles. The van der Waals surface area contributed by atoms with E-state index in [1.54, 1.807) is 38.1 Å². The number of rotatable bonds is 5. The summed E-state index contributed by atoms with van der Waals surface area (Å²) in [6.45, 7) is 3.27. The van der Waals surface area contributed by atoms with Gasteiger partial charge in [0.1, 0.15) is 6.29 Å². The van der Waals surface area contributed by atoms with Crippen LogP contribution in [0.25, 0.3) is 0 Å². The maximum Gasteiger partial charge on any atom is 0.160 e. The Kier molecular flexibility index (Phi) is 4.24. The Morgan fingerprint density at radius 2 is 1.75 bits per heavy atom. The maximum absolute atomic E-state index is 12.1. The van der Waals surface area contributed by atoms with Gasteiger partial charge in [-0.3, -0.25) is 0 Å². The third-order valence-electron chi connectivity index (χ3n) is 2.54. The van der Waals surface area contributed by atoms with Crippen LogP contribution in [0.15, 0.2) is 30.3 Å². The molecule has 3 nitrogen and oxygen atoms in total. The minimum Gasteiger partial charge on any atom is -0.303 e. The molecule has 1 aromatic rings. The van der Waals surface area contributed by atoms with Crippen molar-refractivity contribution in [2.75, 3.05) is 0 Å². The van der Waals surface area contributed by atoms with E-state index in [-0.39, 0.29) is 6.42 Å². The van der Waals surface area contributed by atoms with Gasteiger partial charge in [0.05, 0.1) is 10.5 Å². The van der Waals surface area contributed by atoms with E-state index in [1.165, 1.54) is 0 Å². The van der Waals surface area contributed by atoms with Crippen LogP contribution in [-0.4, -0.2) is 20.0 Å². The van der Waals surface area contributed by atoms with Crippen LogP contribution in [0.5, 0.6) is 0 Å². The van der Waals surface area contributed by atoms with Gasteiger partial charge in [0, 0.05) is 6.42 Å². The van der Waals surface area contributed by atoms with Crippen LogP contribution in [0.2, 0.25) is 0 Å². The summed E-state index contributed by atoms with van der Waals surface area (Å²) < 4.78 is 24.1. The highest BCUT2D eigenvalue weighted by Gasteiger charge is 2.29. The van der Waals surface area contributed by atoms with Crippen LogP contribution in [0, 0.1) is 0 Å². The summed E-state index contributed by atoms with van der Waals surface area (Å²) in [6, 6.07) is 8.87. The average Bonchev–Trinajstić information content (AvgIpc) is 2.26. The minimum absolute atomic E-state index is 0.0184. The lowest BCUT2D eigenvalue weighted by atomic mass is 10.1. The molecule has 4 heteroatoms. The zero-order valence-corrected chi connectivity index (χ0v) is 10.3. The van der Waals surface area contributed by atoms with E-state index in [1.807, 2.05) is 6.07 Å². The number of benzene rings is 1. The van der Waals surface area contributed by atoms with E-state index in [2.05, 4.69) is 0 Å². The monoisotopic (exact) mass is 240 g/mol. The second kappa shape index (κ2) is 5.25. The molecule has 1 aromatic carbocycles.